The maximum atomic E-state index is 12.7. The van der Waals surface area contributed by atoms with Gasteiger partial charge in [-0.3, -0.25) is 14.4 Å². The van der Waals surface area contributed by atoms with Crippen LogP contribution in [0.5, 0.6) is 5.75 Å². The first kappa shape index (κ1) is 40.1. The van der Waals surface area contributed by atoms with Gasteiger partial charge in [-0.25, -0.2) is 0 Å². The molecule has 1 N–H and O–H groups in total. The van der Waals surface area contributed by atoms with Gasteiger partial charge in [0, 0.05) is 5.92 Å². The van der Waals surface area contributed by atoms with Crippen LogP contribution in [0, 0.1) is 52.3 Å². The normalized spacial score (nSPS) is 36.5. The fraction of sp³-hybridized carbons (Fsp3) is 0.723. The van der Waals surface area contributed by atoms with Crippen LogP contribution < -0.4 is 0 Å². The SMILES string of the molecule is CCC(C)(C)C(=O)OC1(CC)CC2CC1C1C3CCC(C3)C21.CCC(C)(C)C(=O)OC1C2CC3C(=O)OC1C3O2.CCC(C)c1ccc2ccc(O)cc2c1. The zero-order chi connectivity index (χ0) is 39.6. The predicted octanol–water partition coefficient (Wildman–Crippen LogP) is 9.92. The molecule has 7 fully saturated rings. The summed E-state index contributed by atoms with van der Waals surface area (Å²) in [6.45, 7) is 18.5. The molecule has 3 aliphatic heterocycles. The summed E-state index contributed by atoms with van der Waals surface area (Å²) in [5.74, 6) is 5.72. The summed E-state index contributed by atoms with van der Waals surface area (Å²) in [5.41, 5.74) is 0.373. The van der Waals surface area contributed by atoms with E-state index in [-0.39, 0.29) is 47.0 Å². The van der Waals surface area contributed by atoms with Crippen molar-refractivity contribution in [3.05, 3.63) is 42.0 Å². The summed E-state index contributed by atoms with van der Waals surface area (Å²) in [4.78, 5) is 36.3. The van der Waals surface area contributed by atoms with Crippen LogP contribution in [-0.4, -0.2) is 53.0 Å². The highest BCUT2D eigenvalue weighted by Gasteiger charge is 2.68. The van der Waals surface area contributed by atoms with Crippen molar-refractivity contribution >= 4 is 28.7 Å². The first-order chi connectivity index (χ1) is 26.1. The molecule has 55 heavy (non-hydrogen) atoms. The second-order valence-corrected chi connectivity index (χ2v) is 19.4. The Kier molecular flexibility index (Phi) is 10.9. The molecule has 3 heterocycles. The molecule has 13 unspecified atom stereocenters. The molecule has 13 atom stereocenters. The molecule has 0 aromatic heterocycles. The molecule has 2 aromatic carbocycles. The summed E-state index contributed by atoms with van der Waals surface area (Å²) in [6.07, 6.45) is 10.1. The number of phenols is 1. The Morgan fingerprint density at radius 3 is 2.20 bits per heavy atom. The van der Waals surface area contributed by atoms with E-state index >= 15 is 0 Å². The van der Waals surface area contributed by atoms with Crippen molar-refractivity contribution < 1.29 is 38.4 Å². The molecule has 4 aliphatic carbocycles. The van der Waals surface area contributed by atoms with Crippen molar-refractivity contribution in [2.75, 3.05) is 0 Å². The van der Waals surface area contributed by atoms with Crippen LogP contribution in [0.1, 0.15) is 138 Å². The van der Waals surface area contributed by atoms with Crippen molar-refractivity contribution in [1.82, 2.24) is 0 Å². The number of benzene rings is 2. The van der Waals surface area contributed by atoms with Crippen LogP contribution in [0.3, 0.4) is 0 Å². The molecule has 8 heteroatoms. The number of carbonyl (C=O) groups is 3. The van der Waals surface area contributed by atoms with Crippen molar-refractivity contribution in [2.24, 2.45) is 52.3 Å². The second kappa shape index (κ2) is 15.0. The molecular weight excluding hydrogens is 693 g/mol. The fourth-order valence-corrected chi connectivity index (χ4v) is 11.4. The minimum absolute atomic E-state index is 0.0455. The third-order valence-electron chi connectivity index (χ3n) is 15.7. The van der Waals surface area contributed by atoms with Gasteiger partial charge in [0.25, 0.3) is 0 Å². The number of phenolic OH excluding ortho intramolecular Hbond substituents is 1. The van der Waals surface area contributed by atoms with E-state index in [1.807, 2.05) is 46.8 Å². The van der Waals surface area contributed by atoms with Gasteiger partial charge in [-0.2, -0.15) is 0 Å². The van der Waals surface area contributed by atoms with E-state index in [4.69, 9.17) is 18.9 Å². The van der Waals surface area contributed by atoms with Gasteiger partial charge in [-0.05, 0) is 156 Å². The number of ether oxygens (including phenoxy) is 4. The smallest absolute Gasteiger partial charge is 0.312 e. The van der Waals surface area contributed by atoms with E-state index in [1.165, 1.54) is 36.6 Å². The number of hydrogen-bond donors (Lipinski definition) is 1. The molecule has 2 aromatic rings. The first-order valence-electron chi connectivity index (χ1n) is 21.6. The molecule has 6 bridgehead atoms. The number of aromatic hydroxyl groups is 1. The monoisotopic (exact) mass is 758 g/mol. The summed E-state index contributed by atoms with van der Waals surface area (Å²) < 4.78 is 22.8. The van der Waals surface area contributed by atoms with E-state index in [1.54, 1.807) is 6.07 Å². The Balaban J connectivity index is 0.000000129. The van der Waals surface area contributed by atoms with Gasteiger partial charge < -0.3 is 24.1 Å². The van der Waals surface area contributed by atoms with Gasteiger partial charge in [-0.1, -0.05) is 58.9 Å². The van der Waals surface area contributed by atoms with Gasteiger partial charge >= 0.3 is 17.9 Å². The molecule has 8 nitrogen and oxygen atoms in total. The van der Waals surface area contributed by atoms with E-state index in [0.717, 1.165) is 60.7 Å². The van der Waals surface area contributed by atoms with Crippen LogP contribution in [-0.2, 0) is 33.3 Å². The lowest BCUT2D eigenvalue weighted by Gasteiger charge is -2.46. The van der Waals surface area contributed by atoms with Crippen LogP contribution in [0.15, 0.2) is 36.4 Å². The number of rotatable bonds is 9. The lowest BCUT2D eigenvalue weighted by Crippen LogP contribution is -2.49. The maximum Gasteiger partial charge on any atom is 0.312 e. The molecule has 4 saturated carbocycles. The Hall–Kier alpha value is -3.13. The third-order valence-corrected chi connectivity index (χ3v) is 15.7. The third kappa shape index (κ3) is 7.09. The molecule has 302 valence electrons. The van der Waals surface area contributed by atoms with Crippen LogP contribution in [0.2, 0.25) is 0 Å². The average Bonchev–Trinajstić information content (AvgIpc) is 4.04. The maximum absolute atomic E-state index is 12.7. The molecule has 3 saturated heterocycles. The van der Waals surface area contributed by atoms with Crippen LogP contribution in [0.25, 0.3) is 10.8 Å². The summed E-state index contributed by atoms with van der Waals surface area (Å²) in [6, 6.07) is 12.0. The van der Waals surface area contributed by atoms with Gasteiger partial charge in [-0.15, -0.1) is 0 Å². The Morgan fingerprint density at radius 1 is 0.855 bits per heavy atom. The van der Waals surface area contributed by atoms with Gasteiger partial charge in [0.2, 0.25) is 0 Å². The minimum atomic E-state index is -0.510. The molecule has 7 aliphatic rings. The number of esters is 3. The number of fused-ring (bicyclic) bond motifs is 11. The van der Waals surface area contributed by atoms with E-state index in [9.17, 15) is 19.5 Å². The van der Waals surface area contributed by atoms with Crippen molar-refractivity contribution in [1.29, 1.82) is 0 Å². The Labute approximate surface area is 328 Å². The summed E-state index contributed by atoms with van der Waals surface area (Å²) in [7, 11) is 0. The topological polar surface area (TPSA) is 108 Å². The molecular formula is C47H66O8. The zero-order valence-electron chi connectivity index (χ0n) is 34.8. The summed E-state index contributed by atoms with van der Waals surface area (Å²) in [5, 5.41) is 11.7. The number of carbonyl (C=O) groups excluding carboxylic acids is 3. The molecule has 0 radical (unpaired) electrons. The fourth-order valence-electron chi connectivity index (χ4n) is 11.4. The predicted molar refractivity (Wildman–Crippen MR) is 212 cm³/mol. The van der Waals surface area contributed by atoms with Crippen LogP contribution >= 0.6 is 0 Å². The second-order valence-electron chi connectivity index (χ2n) is 19.4. The standard InChI is InChI=1S/C20H32O2.C14H16O.C13H18O5/c1-5-19(3,4)18(21)22-20(6-2)11-14-10-15(20)17-13-8-7-12(9-13)16(14)17;1-3-10(2)12-5-4-11-6-7-14(15)9-13(11)8-12;1-4-13(2,3)12(15)18-9-7-5-6-8(16-7)10(9)17-11(6)14/h12-17H,5-11H2,1-4H3;4-10,15H,3H2,1-2H3;6-10H,4-5H2,1-3H3. The van der Waals surface area contributed by atoms with Gasteiger partial charge in [0.1, 0.15) is 17.5 Å². The highest BCUT2D eigenvalue weighted by Crippen LogP contribution is 2.71. The molecule has 9 rings (SSSR count). The van der Waals surface area contributed by atoms with E-state index in [2.05, 4.69) is 45.9 Å². The van der Waals surface area contributed by atoms with E-state index < -0.39 is 17.6 Å². The highest BCUT2D eigenvalue weighted by molar-refractivity contribution is 5.84. The van der Waals surface area contributed by atoms with Gasteiger partial charge in [0.05, 0.1) is 22.9 Å². The largest absolute Gasteiger partial charge is 0.508 e. The molecule has 0 amide bonds. The van der Waals surface area contributed by atoms with Crippen LogP contribution in [0.4, 0.5) is 0 Å². The van der Waals surface area contributed by atoms with Crippen molar-refractivity contribution in [3.63, 3.8) is 0 Å². The van der Waals surface area contributed by atoms with Crippen molar-refractivity contribution in [3.8, 4) is 5.75 Å². The Bertz CT molecular complexity index is 1760. The molecule has 0 spiro atoms. The quantitative estimate of drug-likeness (QED) is 0.153. The zero-order valence-corrected chi connectivity index (χ0v) is 34.8. The minimum Gasteiger partial charge on any atom is -0.508 e. The lowest BCUT2D eigenvalue weighted by atomic mass is 9.65. The van der Waals surface area contributed by atoms with Gasteiger partial charge in [0.15, 0.2) is 12.2 Å². The Morgan fingerprint density at radius 2 is 1.53 bits per heavy atom. The average molecular weight is 759 g/mol. The van der Waals surface area contributed by atoms with Crippen molar-refractivity contribution in [2.45, 2.75) is 162 Å². The summed E-state index contributed by atoms with van der Waals surface area (Å²) >= 11 is 0. The highest BCUT2D eigenvalue weighted by atomic mass is 16.7. The van der Waals surface area contributed by atoms with E-state index in [0.29, 0.717) is 30.4 Å². The lowest BCUT2D eigenvalue weighted by molar-refractivity contribution is -0.183. The first-order valence-corrected chi connectivity index (χ1v) is 21.6. The number of hydrogen-bond acceptors (Lipinski definition) is 8.